The average Bonchev–Trinajstić information content (AvgIpc) is 2.72. The van der Waals surface area contributed by atoms with E-state index in [1.54, 1.807) is 31.3 Å². The molecule has 0 bridgehead atoms. The molecule has 0 amide bonds. The third-order valence-corrected chi connectivity index (χ3v) is 5.65. The number of nitrogens with one attached hydrogen (secondary N) is 3. The molecule has 0 aliphatic heterocycles. The van der Waals surface area contributed by atoms with Gasteiger partial charge in [0.15, 0.2) is 5.96 Å². The van der Waals surface area contributed by atoms with Crippen molar-refractivity contribution in [1.29, 1.82) is 0 Å². The topological polar surface area (TPSA) is 91.8 Å². The van der Waals surface area contributed by atoms with E-state index in [1.807, 2.05) is 18.2 Å². The monoisotopic (exact) mass is 404 g/mol. The van der Waals surface area contributed by atoms with Gasteiger partial charge in [-0.3, -0.25) is 4.99 Å². The minimum Gasteiger partial charge on any atom is -0.383 e. The van der Waals surface area contributed by atoms with Crippen LogP contribution in [0.3, 0.4) is 0 Å². The molecule has 1 atom stereocenters. The summed E-state index contributed by atoms with van der Waals surface area (Å²) in [6.45, 7) is 3.16. The number of nitrogens with zero attached hydrogens (tertiary/aromatic N) is 1. The number of methoxy groups -OCH3 is 1. The Kier molecular flexibility index (Phi) is 8.43. The van der Waals surface area contributed by atoms with Gasteiger partial charge in [-0.25, -0.2) is 13.1 Å². The highest BCUT2D eigenvalue weighted by atomic mass is 32.2. The fraction of sp³-hybridized carbons (Fsp3) is 0.350. The molecule has 1 unspecified atom stereocenters. The normalized spacial score (nSPS) is 13.2. The molecule has 0 saturated carbocycles. The Hall–Kier alpha value is -2.42. The summed E-state index contributed by atoms with van der Waals surface area (Å²) in [5.74, 6) is 0.675. The van der Waals surface area contributed by atoms with Gasteiger partial charge in [-0.15, -0.1) is 0 Å². The molecule has 0 saturated heterocycles. The number of sulfonamides is 1. The first-order chi connectivity index (χ1) is 13.5. The van der Waals surface area contributed by atoms with Crippen LogP contribution < -0.4 is 15.4 Å². The lowest BCUT2D eigenvalue weighted by Gasteiger charge is -2.18. The van der Waals surface area contributed by atoms with Gasteiger partial charge in [0, 0.05) is 27.2 Å². The van der Waals surface area contributed by atoms with Gasteiger partial charge in [-0.05, 0) is 30.2 Å². The molecule has 0 aliphatic carbocycles. The first kappa shape index (κ1) is 21.9. The summed E-state index contributed by atoms with van der Waals surface area (Å²) in [6, 6.07) is 17.0. The van der Waals surface area contributed by atoms with Gasteiger partial charge in [0.2, 0.25) is 10.0 Å². The lowest BCUT2D eigenvalue weighted by Crippen LogP contribution is -2.38. The maximum absolute atomic E-state index is 12.2. The molecule has 0 fully saturated rings. The summed E-state index contributed by atoms with van der Waals surface area (Å²) in [5.41, 5.74) is 2.12. The van der Waals surface area contributed by atoms with Crippen molar-refractivity contribution in [2.45, 2.75) is 24.4 Å². The number of benzene rings is 2. The molecule has 0 heterocycles. The summed E-state index contributed by atoms with van der Waals surface area (Å²) >= 11 is 0. The van der Waals surface area contributed by atoms with E-state index in [-0.39, 0.29) is 17.5 Å². The summed E-state index contributed by atoms with van der Waals surface area (Å²) in [5, 5.41) is 6.58. The number of aliphatic imine (C=N–C) groups is 1. The van der Waals surface area contributed by atoms with Crippen LogP contribution in [0.25, 0.3) is 0 Å². The molecule has 0 aromatic heterocycles. The maximum Gasteiger partial charge on any atom is 0.240 e. The lowest BCUT2D eigenvalue weighted by molar-refractivity contribution is 0.204. The van der Waals surface area contributed by atoms with Crippen LogP contribution in [0.2, 0.25) is 0 Å². The van der Waals surface area contributed by atoms with Gasteiger partial charge in [-0.2, -0.15) is 0 Å². The number of hydrogen-bond donors (Lipinski definition) is 3. The van der Waals surface area contributed by atoms with Crippen molar-refractivity contribution >= 4 is 16.0 Å². The Morgan fingerprint density at radius 3 is 2.39 bits per heavy atom. The van der Waals surface area contributed by atoms with E-state index in [0.29, 0.717) is 19.1 Å². The molecule has 3 N–H and O–H groups in total. The Morgan fingerprint density at radius 1 is 1.11 bits per heavy atom. The van der Waals surface area contributed by atoms with E-state index >= 15 is 0 Å². The minimum absolute atomic E-state index is 0.109. The Bertz CT molecular complexity index is 853. The highest BCUT2D eigenvalue weighted by Gasteiger charge is 2.13. The molecule has 28 heavy (non-hydrogen) atoms. The second kappa shape index (κ2) is 10.8. The largest absolute Gasteiger partial charge is 0.383 e. The van der Waals surface area contributed by atoms with Crippen LogP contribution in [0, 0.1) is 0 Å². The molecule has 7 nitrogen and oxygen atoms in total. The summed E-state index contributed by atoms with van der Waals surface area (Å²) in [7, 11) is -0.274. The van der Waals surface area contributed by atoms with Crippen LogP contribution in [-0.4, -0.2) is 41.7 Å². The van der Waals surface area contributed by atoms with E-state index in [0.717, 1.165) is 5.56 Å². The van der Waals surface area contributed by atoms with E-state index in [9.17, 15) is 8.42 Å². The fourth-order valence-corrected chi connectivity index (χ4v) is 3.57. The van der Waals surface area contributed by atoms with Gasteiger partial charge in [0.05, 0.1) is 17.5 Å². The molecule has 8 heteroatoms. The fourth-order valence-electron chi connectivity index (χ4n) is 2.56. The maximum atomic E-state index is 12.2. The van der Waals surface area contributed by atoms with E-state index in [1.165, 1.54) is 12.7 Å². The Labute approximate surface area is 167 Å². The zero-order valence-electron chi connectivity index (χ0n) is 16.5. The molecule has 0 radical (unpaired) electrons. The third-order valence-electron chi connectivity index (χ3n) is 4.17. The van der Waals surface area contributed by atoms with Crippen LogP contribution in [0.4, 0.5) is 0 Å². The van der Waals surface area contributed by atoms with Crippen molar-refractivity contribution in [3.05, 3.63) is 65.7 Å². The molecule has 0 aliphatic rings. The average molecular weight is 405 g/mol. The van der Waals surface area contributed by atoms with Crippen LogP contribution in [-0.2, 0) is 21.3 Å². The van der Waals surface area contributed by atoms with Crippen molar-refractivity contribution in [1.82, 2.24) is 15.4 Å². The van der Waals surface area contributed by atoms with Crippen LogP contribution in [0.15, 0.2) is 64.5 Å². The first-order valence-corrected chi connectivity index (χ1v) is 10.5. The molecule has 2 aromatic rings. The summed E-state index contributed by atoms with van der Waals surface area (Å²) < 4.78 is 31.7. The zero-order chi connectivity index (χ0) is 20.4. The Balaban J connectivity index is 1.91. The second-order valence-corrected chi connectivity index (χ2v) is 8.00. The quantitative estimate of drug-likeness (QED) is 0.338. The van der Waals surface area contributed by atoms with E-state index in [4.69, 9.17) is 4.74 Å². The van der Waals surface area contributed by atoms with Crippen molar-refractivity contribution in [2.75, 3.05) is 27.3 Å². The standard InChI is InChI=1S/C20H28N4O3S/c1-16(18-7-5-4-6-8-18)24-20(21-2)22-15-17-9-11-19(12-10-17)28(25,26)23-13-14-27-3/h4-12,16,23H,13-15H2,1-3H3,(H2,21,22,24). The third kappa shape index (κ3) is 6.63. The van der Waals surface area contributed by atoms with Gasteiger partial charge >= 0.3 is 0 Å². The van der Waals surface area contributed by atoms with Crippen LogP contribution in [0.5, 0.6) is 0 Å². The summed E-state index contributed by atoms with van der Waals surface area (Å²) in [4.78, 5) is 4.47. The van der Waals surface area contributed by atoms with E-state index in [2.05, 4.69) is 39.4 Å². The number of hydrogen-bond acceptors (Lipinski definition) is 4. The predicted octanol–water partition coefficient (Wildman–Crippen LogP) is 2.04. The van der Waals surface area contributed by atoms with Crippen molar-refractivity contribution in [3.8, 4) is 0 Å². The van der Waals surface area contributed by atoms with Gasteiger partial charge in [-0.1, -0.05) is 42.5 Å². The van der Waals surface area contributed by atoms with Gasteiger partial charge in [0.25, 0.3) is 0 Å². The molecular weight excluding hydrogens is 376 g/mol. The molecule has 2 rings (SSSR count). The predicted molar refractivity (Wildman–Crippen MR) is 112 cm³/mol. The van der Waals surface area contributed by atoms with Crippen LogP contribution >= 0.6 is 0 Å². The number of ether oxygens (including phenoxy) is 1. The van der Waals surface area contributed by atoms with Crippen molar-refractivity contribution in [2.24, 2.45) is 4.99 Å². The van der Waals surface area contributed by atoms with Crippen molar-refractivity contribution < 1.29 is 13.2 Å². The SMILES string of the molecule is CN=C(NCc1ccc(S(=O)(=O)NCCOC)cc1)NC(C)c1ccccc1. The molecule has 152 valence electrons. The molecule has 0 spiro atoms. The van der Waals surface area contributed by atoms with Crippen LogP contribution in [0.1, 0.15) is 24.1 Å². The minimum atomic E-state index is -3.52. The first-order valence-electron chi connectivity index (χ1n) is 9.06. The van der Waals surface area contributed by atoms with Crippen molar-refractivity contribution in [3.63, 3.8) is 0 Å². The molecular formula is C20H28N4O3S. The highest BCUT2D eigenvalue weighted by molar-refractivity contribution is 7.89. The highest BCUT2D eigenvalue weighted by Crippen LogP contribution is 2.12. The lowest BCUT2D eigenvalue weighted by atomic mass is 10.1. The summed E-state index contributed by atoms with van der Waals surface area (Å²) in [6.07, 6.45) is 0. The number of rotatable bonds is 9. The molecule has 2 aromatic carbocycles. The van der Waals surface area contributed by atoms with Gasteiger partial charge < -0.3 is 15.4 Å². The Morgan fingerprint density at radius 2 is 1.79 bits per heavy atom. The van der Waals surface area contributed by atoms with Gasteiger partial charge in [0.1, 0.15) is 0 Å². The smallest absolute Gasteiger partial charge is 0.240 e. The second-order valence-electron chi connectivity index (χ2n) is 6.24. The zero-order valence-corrected chi connectivity index (χ0v) is 17.3. The van der Waals surface area contributed by atoms with E-state index < -0.39 is 10.0 Å². The number of guanidine groups is 1.